The number of rotatable bonds is 8. The Labute approximate surface area is 491 Å². The van der Waals surface area contributed by atoms with E-state index in [1.807, 2.05) is 73.7 Å². The van der Waals surface area contributed by atoms with Gasteiger partial charge in [0.25, 0.3) is 17.4 Å². The van der Waals surface area contributed by atoms with Gasteiger partial charge >= 0.3 is 6.03 Å². The van der Waals surface area contributed by atoms with E-state index in [9.17, 15) is 29.4 Å². The Morgan fingerprint density at radius 1 is 0.578 bits per heavy atom. The molecule has 0 unspecified atom stereocenters. The van der Waals surface area contributed by atoms with E-state index in [0.29, 0.717) is 59.9 Å². The quantitative estimate of drug-likeness (QED) is 0.0900. The van der Waals surface area contributed by atoms with Crippen LogP contribution in [0.2, 0.25) is 20.1 Å². The number of nitrogens with one attached hydrogen (secondary N) is 3. The van der Waals surface area contributed by atoms with Crippen molar-refractivity contribution < 1.29 is 29.0 Å². The number of fused-ring (bicyclic) bond motifs is 5. The molecular formula is C61H43Cl4N11O7. The number of carbonyl (C=O) groups is 3. The van der Waals surface area contributed by atoms with Gasteiger partial charge in [0.05, 0.1) is 76.0 Å². The molecule has 9 aromatic carbocycles. The van der Waals surface area contributed by atoms with Crippen molar-refractivity contribution in [2.24, 2.45) is 20.5 Å². The molecule has 5 N–H and O–H groups in total. The lowest BCUT2D eigenvalue weighted by Crippen LogP contribution is -2.34. The lowest BCUT2D eigenvalue weighted by Gasteiger charge is -2.13. The highest BCUT2D eigenvalue weighted by molar-refractivity contribution is 6.35. The second kappa shape index (κ2) is 24.1. The molecule has 12 aromatic rings. The average molecular weight is 1180 g/mol. The van der Waals surface area contributed by atoms with Gasteiger partial charge in [-0.25, -0.2) is 9.78 Å². The van der Waals surface area contributed by atoms with Crippen molar-refractivity contribution in [2.45, 2.75) is 13.8 Å². The van der Waals surface area contributed by atoms with Crippen LogP contribution >= 0.6 is 46.4 Å². The van der Waals surface area contributed by atoms with Crippen molar-refractivity contribution in [1.82, 2.24) is 24.9 Å². The summed E-state index contributed by atoms with van der Waals surface area (Å²) in [6.45, 7) is 3.59. The molecule has 0 atom stereocenters. The van der Waals surface area contributed by atoms with Crippen LogP contribution in [-0.4, -0.2) is 61.7 Å². The summed E-state index contributed by atoms with van der Waals surface area (Å²) >= 11 is 24.8. The minimum Gasteiger partial charge on any atom is -0.508 e. The van der Waals surface area contributed by atoms with E-state index in [1.165, 1.54) is 18.2 Å². The fourth-order valence-electron chi connectivity index (χ4n) is 9.18. The standard InChI is InChI=1S/C26H19Cl2N3O4.C19H12N2O2.C16H12Cl2N6O/c1-14-17-7-3-2-6-15(17)12-18(23(14)32)25(34)29-22-11-10-16(13-20(22)28)24(33)31-26(35)30-21-9-5-4-8-19(21)27;1-10-11-5-4-6-12-17(11)13(9-16(10)22)19(23)21-15-8-3-2-7-14(15)20-18(12)21;1-19-21-9-3-5-11(13(17)7-9)15-23-24-16(25-15)12-6-4-10(22-20-2)8-14(12)18/h2-13,32H,1H3,(H,29,34)(H2,30,31,33,35);2-9,22H,1H3;3-8H,1-2H3. The second-order valence-electron chi connectivity index (χ2n) is 18.4. The first-order chi connectivity index (χ1) is 40.0. The Morgan fingerprint density at radius 2 is 1.19 bits per heavy atom. The van der Waals surface area contributed by atoms with Crippen LogP contribution in [-0.2, 0) is 0 Å². The van der Waals surface area contributed by atoms with Crippen LogP contribution < -0.4 is 21.5 Å². The summed E-state index contributed by atoms with van der Waals surface area (Å²) < 4.78 is 7.36. The van der Waals surface area contributed by atoms with Gasteiger partial charge < -0.3 is 25.3 Å². The first kappa shape index (κ1) is 56.4. The van der Waals surface area contributed by atoms with Crippen LogP contribution in [0.3, 0.4) is 0 Å². The maximum Gasteiger partial charge on any atom is 0.326 e. The number of halogens is 4. The number of aromatic nitrogens is 4. The number of benzene rings is 9. The van der Waals surface area contributed by atoms with E-state index in [-0.39, 0.29) is 50.7 Å². The molecule has 83 heavy (non-hydrogen) atoms. The van der Waals surface area contributed by atoms with E-state index in [4.69, 9.17) is 50.8 Å². The highest BCUT2D eigenvalue weighted by atomic mass is 35.5. The number of azo groups is 2. The molecular weight excluding hydrogens is 1140 g/mol. The Morgan fingerprint density at radius 3 is 1.86 bits per heavy atom. The number of imide groups is 1. The zero-order valence-electron chi connectivity index (χ0n) is 44.0. The number of amides is 4. The molecule has 12 rings (SSSR count). The number of carbonyl (C=O) groups excluding carboxylic acids is 3. The zero-order chi connectivity index (χ0) is 58.6. The molecule has 0 saturated heterocycles. The lowest BCUT2D eigenvalue weighted by molar-refractivity contribution is 0.0966. The number of hydrogen-bond donors (Lipinski definition) is 5. The van der Waals surface area contributed by atoms with Crippen molar-refractivity contribution in [3.8, 4) is 34.4 Å². The number of para-hydroxylation sites is 3. The predicted molar refractivity (Wildman–Crippen MR) is 325 cm³/mol. The summed E-state index contributed by atoms with van der Waals surface area (Å²) in [5.74, 6) is -0.669. The molecule has 18 nitrogen and oxygen atoms in total. The van der Waals surface area contributed by atoms with E-state index in [1.54, 1.807) is 98.2 Å². The Balaban J connectivity index is 0.000000143. The second-order valence-corrected chi connectivity index (χ2v) is 20.0. The molecule has 0 aliphatic heterocycles. The molecule has 412 valence electrons. The molecule has 0 aliphatic carbocycles. The number of urea groups is 1. The minimum atomic E-state index is -0.765. The molecule has 0 fully saturated rings. The maximum absolute atomic E-state index is 13.0. The van der Waals surface area contributed by atoms with Gasteiger partial charge in [0.15, 0.2) is 0 Å². The van der Waals surface area contributed by atoms with E-state index in [0.717, 1.165) is 43.5 Å². The number of phenolic OH excluding ortho intramolecular Hbond substituents is 2. The van der Waals surface area contributed by atoms with Crippen LogP contribution in [0.25, 0.3) is 71.9 Å². The first-order valence-electron chi connectivity index (χ1n) is 25.0. The fraction of sp³-hybridized carbons (Fsp3) is 0.0656. The number of aryl methyl sites for hydroxylation is 2. The summed E-state index contributed by atoms with van der Waals surface area (Å²) in [5.41, 5.74) is 6.72. The lowest BCUT2D eigenvalue weighted by atomic mass is 9.98. The highest BCUT2D eigenvalue weighted by Crippen LogP contribution is 2.38. The van der Waals surface area contributed by atoms with Gasteiger partial charge in [-0.05, 0) is 132 Å². The van der Waals surface area contributed by atoms with Gasteiger partial charge in [-0.3, -0.25) is 24.1 Å². The fourth-order valence-corrected chi connectivity index (χ4v) is 10.1. The van der Waals surface area contributed by atoms with Crippen LogP contribution in [0.4, 0.5) is 27.5 Å². The minimum absolute atomic E-state index is 0.0783. The third kappa shape index (κ3) is 11.6. The van der Waals surface area contributed by atoms with Gasteiger partial charge in [0, 0.05) is 30.4 Å². The Hall–Kier alpha value is -9.85. The van der Waals surface area contributed by atoms with Gasteiger partial charge in [-0.15, -0.1) is 10.2 Å². The predicted octanol–water partition coefficient (Wildman–Crippen LogP) is 16.1. The summed E-state index contributed by atoms with van der Waals surface area (Å²) in [7, 11) is 3.17. The largest absolute Gasteiger partial charge is 0.508 e. The van der Waals surface area contributed by atoms with E-state index < -0.39 is 17.8 Å². The molecule has 4 amide bonds. The molecule has 3 aromatic heterocycles. The number of pyridine rings is 1. The van der Waals surface area contributed by atoms with Crippen molar-refractivity contribution in [2.75, 3.05) is 24.7 Å². The first-order valence-corrected chi connectivity index (χ1v) is 26.5. The summed E-state index contributed by atoms with van der Waals surface area (Å²) in [4.78, 5) is 55.2. The Bertz CT molecular complexity index is 4610. The zero-order valence-corrected chi connectivity index (χ0v) is 47.1. The van der Waals surface area contributed by atoms with Crippen LogP contribution in [0.1, 0.15) is 31.8 Å². The third-order valence-corrected chi connectivity index (χ3v) is 14.5. The summed E-state index contributed by atoms with van der Waals surface area (Å²) in [6.07, 6.45) is 0. The van der Waals surface area contributed by atoms with E-state index >= 15 is 0 Å². The van der Waals surface area contributed by atoms with Crippen molar-refractivity contribution >= 4 is 136 Å². The van der Waals surface area contributed by atoms with Crippen LogP contribution in [0.5, 0.6) is 11.5 Å². The summed E-state index contributed by atoms with van der Waals surface area (Å²) in [6, 6.07) is 44.4. The number of anilines is 2. The number of hydrogen-bond acceptors (Lipinski definition) is 14. The number of nitrogens with zero attached hydrogens (tertiary/aromatic N) is 8. The third-order valence-electron chi connectivity index (χ3n) is 13.2. The monoisotopic (exact) mass is 1180 g/mol. The molecule has 0 radical (unpaired) electrons. The smallest absolute Gasteiger partial charge is 0.326 e. The highest BCUT2D eigenvalue weighted by Gasteiger charge is 2.21. The number of phenols is 2. The summed E-state index contributed by atoms with van der Waals surface area (Å²) in [5, 5.41) is 57.6. The molecule has 0 spiro atoms. The van der Waals surface area contributed by atoms with Crippen molar-refractivity contribution in [3.05, 3.63) is 210 Å². The molecule has 0 aliphatic rings. The van der Waals surface area contributed by atoms with Gasteiger partial charge in [-0.2, -0.15) is 20.5 Å². The van der Waals surface area contributed by atoms with Crippen LogP contribution in [0.15, 0.2) is 187 Å². The molecule has 0 saturated carbocycles. The SMILES string of the molecule is CN=Nc1ccc(-c2nnc(-c3ccc(N=NC)cc3Cl)o2)c(Cl)c1.Cc1c(O)c(C(=O)Nc2ccc(C(=O)NC(=O)Nc3ccccc3Cl)cc2Cl)cc2ccccc12.Cc1c(O)cc2c(=O)n3c4ccccc4nc3c3cccc1c23. The van der Waals surface area contributed by atoms with Gasteiger partial charge in [0.2, 0.25) is 11.8 Å². The topological polar surface area (TPSA) is 250 Å². The van der Waals surface area contributed by atoms with E-state index in [2.05, 4.69) is 51.6 Å². The normalized spacial score (nSPS) is 11.3. The number of imidazole rings is 1. The maximum atomic E-state index is 13.0. The molecule has 0 bridgehead atoms. The van der Waals surface area contributed by atoms with Crippen LogP contribution in [0, 0.1) is 13.8 Å². The van der Waals surface area contributed by atoms with Gasteiger partial charge in [0.1, 0.15) is 17.1 Å². The molecule has 22 heteroatoms. The average Bonchev–Trinajstić information content (AvgIpc) is 2.27. The number of aromatic hydroxyl groups is 2. The van der Waals surface area contributed by atoms with Crippen molar-refractivity contribution in [1.29, 1.82) is 0 Å². The Kier molecular flexibility index (Phi) is 16.4. The van der Waals surface area contributed by atoms with Crippen molar-refractivity contribution in [3.63, 3.8) is 0 Å². The van der Waals surface area contributed by atoms with Gasteiger partial charge in [-0.1, -0.05) is 113 Å². The molecule has 3 heterocycles.